The van der Waals surface area contributed by atoms with Crippen LogP contribution < -0.4 is 10.9 Å². The van der Waals surface area contributed by atoms with Gasteiger partial charge in [-0.1, -0.05) is 45.9 Å². The molecule has 3 aromatic rings. The van der Waals surface area contributed by atoms with E-state index in [2.05, 4.69) is 31.0 Å². The topological polar surface area (TPSA) is 74.6 Å². The lowest BCUT2D eigenvalue weighted by Gasteiger charge is -1.97. The van der Waals surface area contributed by atoms with Crippen molar-refractivity contribution >= 4 is 88.0 Å². The molecule has 1 aromatic carbocycles. The molecule has 0 bridgehead atoms. The van der Waals surface area contributed by atoms with Crippen molar-refractivity contribution in [2.45, 2.75) is 27.7 Å². The summed E-state index contributed by atoms with van der Waals surface area (Å²) in [6.45, 7) is 7.59. The summed E-state index contributed by atoms with van der Waals surface area (Å²) in [6.07, 6.45) is 0. The normalized spacial score (nSPS) is 10.9. The van der Waals surface area contributed by atoms with Crippen LogP contribution in [-0.4, -0.2) is 21.4 Å². The van der Waals surface area contributed by atoms with Crippen LogP contribution in [0.5, 0.6) is 0 Å². The van der Waals surface area contributed by atoms with Crippen LogP contribution in [0.3, 0.4) is 0 Å². The summed E-state index contributed by atoms with van der Waals surface area (Å²) >= 11 is 15.8. The van der Waals surface area contributed by atoms with E-state index in [0.717, 1.165) is 20.8 Å². The highest BCUT2D eigenvalue weighted by Crippen LogP contribution is 2.45. The van der Waals surface area contributed by atoms with Crippen molar-refractivity contribution in [3.05, 3.63) is 10.0 Å². The van der Waals surface area contributed by atoms with Crippen LogP contribution in [0.15, 0.2) is 10.2 Å². The predicted molar refractivity (Wildman–Crippen MR) is 108 cm³/mol. The zero-order valence-corrected chi connectivity index (χ0v) is 16.5. The molecule has 0 saturated carbocycles. The Morgan fingerprint density at radius 2 is 1.17 bits per heavy atom. The maximum Gasteiger partial charge on any atom is 0.204 e. The number of halogens is 2. The minimum atomic E-state index is 0.536. The first-order valence-electron chi connectivity index (χ1n) is 6.98. The summed E-state index contributed by atoms with van der Waals surface area (Å²) in [4.78, 5) is 8.99. The molecule has 3 rings (SSSR count). The van der Waals surface area contributed by atoms with E-state index in [4.69, 9.17) is 23.2 Å². The van der Waals surface area contributed by atoms with Gasteiger partial charge in [0.05, 0.1) is 19.4 Å². The fourth-order valence-electron chi connectivity index (χ4n) is 1.87. The number of thiazole rings is 2. The summed E-state index contributed by atoms with van der Waals surface area (Å²) < 4.78 is 1.57. The fraction of sp³-hybridized carbons (Fsp3) is 0.286. The average molecular weight is 401 g/mol. The van der Waals surface area contributed by atoms with Crippen molar-refractivity contribution in [3.8, 4) is 0 Å². The number of hydrogen-bond acceptors (Lipinski definition) is 8. The van der Waals surface area contributed by atoms with Gasteiger partial charge in [0.25, 0.3) is 0 Å². The van der Waals surface area contributed by atoms with Gasteiger partial charge in [0, 0.05) is 11.4 Å². The van der Waals surface area contributed by atoms with E-state index in [9.17, 15) is 0 Å². The molecule has 0 saturated heterocycles. The second kappa shape index (κ2) is 6.79. The number of anilines is 2. The highest BCUT2D eigenvalue weighted by atomic mass is 35.5. The van der Waals surface area contributed by atoms with Crippen LogP contribution >= 0.6 is 45.9 Å². The molecule has 6 nitrogen and oxygen atoms in total. The predicted octanol–water partition coefficient (Wildman–Crippen LogP) is 5.83. The Kier molecular flexibility index (Phi) is 4.91. The molecule has 0 amide bonds. The van der Waals surface area contributed by atoms with E-state index in [-0.39, 0.29) is 0 Å². The molecule has 2 heterocycles. The van der Waals surface area contributed by atoms with E-state index in [1.807, 2.05) is 27.7 Å². The van der Waals surface area contributed by atoms with E-state index < -0.39 is 0 Å². The summed E-state index contributed by atoms with van der Waals surface area (Å²) in [7, 11) is 0. The van der Waals surface area contributed by atoms with Crippen molar-refractivity contribution in [3.63, 3.8) is 0 Å². The zero-order valence-electron chi connectivity index (χ0n) is 13.4. The Labute approximate surface area is 156 Å². The number of nitrogens with zero attached hydrogens (tertiary/aromatic N) is 4. The number of hydrogen-bond donors (Lipinski definition) is 2. The van der Waals surface area contributed by atoms with Crippen LogP contribution in [0.25, 0.3) is 20.4 Å². The number of hydrazone groups is 2. The SMILES string of the molecule is CC(C)=NNc1nc2c(Cl)c3sc(NN=C(C)C)nc3c(Cl)c2s1. The first-order chi connectivity index (χ1) is 11.4. The first-order valence-corrected chi connectivity index (χ1v) is 9.37. The maximum atomic E-state index is 6.53. The van der Waals surface area contributed by atoms with E-state index in [0.29, 0.717) is 31.3 Å². The molecule has 0 aliphatic carbocycles. The fourth-order valence-corrected chi connectivity index (χ4v) is 4.37. The van der Waals surface area contributed by atoms with Crippen LogP contribution in [0.4, 0.5) is 10.3 Å². The standard InChI is InChI=1S/C14H14Cl2N6S2/c1-5(2)19-21-13-17-9-7(15)12-10(8(16)11(9)23-13)18-14(24-12)22-20-6(3)4/h1-4H3,(H,17,21)(H,18,22). The van der Waals surface area contributed by atoms with Gasteiger partial charge >= 0.3 is 0 Å². The highest BCUT2D eigenvalue weighted by molar-refractivity contribution is 7.25. The van der Waals surface area contributed by atoms with Crippen molar-refractivity contribution in [2.75, 3.05) is 10.9 Å². The van der Waals surface area contributed by atoms with Gasteiger partial charge in [-0.05, 0) is 27.7 Å². The van der Waals surface area contributed by atoms with Gasteiger partial charge in [-0.3, -0.25) is 10.9 Å². The molecule has 0 aliphatic rings. The summed E-state index contributed by atoms with van der Waals surface area (Å²) in [5.74, 6) is 0. The molecule has 24 heavy (non-hydrogen) atoms. The summed E-state index contributed by atoms with van der Waals surface area (Å²) in [5, 5.41) is 10.6. The molecule has 0 radical (unpaired) electrons. The molecule has 0 atom stereocenters. The number of benzene rings is 1. The van der Waals surface area contributed by atoms with E-state index in [1.165, 1.54) is 22.7 Å². The van der Waals surface area contributed by atoms with Crippen molar-refractivity contribution in [2.24, 2.45) is 10.2 Å². The minimum Gasteiger partial charge on any atom is -0.253 e. The smallest absolute Gasteiger partial charge is 0.204 e. The molecule has 126 valence electrons. The molecule has 10 heteroatoms. The van der Waals surface area contributed by atoms with E-state index in [1.54, 1.807) is 0 Å². The monoisotopic (exact) mass is 400 g/mol. The van der Waals surface area contributed by atoms with Crippen LogP contribution in [0.1, 0.15) is 27.7 Å². The number of aromatic nitrogens is 2. The third-order valence-corrected chi connectivity index (χ3v) is 5.73. The Balaban J connectivity index is 2.12. The van der Waals surface area contributed by atoms with Gasteiger partial charge in [-0.2, -0.15) is 10.2 Å². The van der Waals surface area contributed by atoms with Crippen LogP contribution in [0.2, 0.25) is 10.0 Å². The van der Waals surface area contributed by atoms with Gasteiger partial charge in [0.2, 0.25) is 10.3 Å². The van der Waals surface area contributed by atoms with Crippen molar-refractivity contribution in [1.82, 2.24) is 9.97 Å². The highest BCUT2D eigenvalue weighted by Gasteiger charge is 2.20. The number of fused-ring (bicyclic) bond motifs is 2. The quantitative estimate of drug-likeness (QED) is 0.426. The lowest BCUT2D eigenvalue weighted by Crippen LogP contribution is -1.91. The maximum absolute atomic E-state index is 6.53. The number of nitrogens with one attached hydrogen (secondary N) is 2. The molecule has 0 unspecified atom stereocenters. The molecular weight excluding hydrogens is 387 g/mol. The third-order valence-electron chi connectivity index (χ3n) is 2.82. The van der Waals surface area contributed by atoms with Gasteiger partial charge in [-0.15, -0.1) is 0 Å². The van der Waals surface area contributed by atoms with Gasteiger partial charge in [0.15, 0.2) is 0 Å². The second-order valence-electron chi connectivity index (χ2n) is 5.36. The lowest BCUT2D eigenvalue weighted by atomic mass is 10.3. The Bertz CT molecular complexity index is 848. The molecular formula is C14H14Cl2N6S2. The number of rotatable bonds is 4. The first kappa shape index (κ1) is 17.3. The molecule has 2 N–H and O–H groups in total. The molecule has 0 aliphatic heterocycles. The lowest BCUT2D eigenvalue weighted by molar-refractivity contribution is 1.28. The second-order valence-corrected chi connectivity index (χ2v) is 8.12. The Morgan fingerprint density at radius 1 is 0.792 bits per heavy atom. The Hall–Kier alpha value is -1.48. The molecule has 2 aromatic heterocycles. The minimum absolute atomic E-state index is 0.536. The van der Waals surface area contributed by atoms with Gasteiger partial charge < -0.3 is 0 Å². The van der Waals surface area contributed by atoms with Crippen LogP contribution in [-0.2, 0) is 0 Å². The largest absolute Gasteiger partial charge is 0.253 e. The zero-order chi connectivity index (χ0) is 17.4. The molecule has 0 spiro atoms. The third kappa shape index (κ3) is 3.32. The van der Waals surface area contributed by atoms with Crippen molar-refractivity contribution < 1.29 is 0 Å². The van der Waals surface area contributed by atoms with Crippen molar-refractivity contribution in [1.29, 1.82) is 0 Å². The average Bonchev–Trinajstić information content (AvgIpc) is 3.13. The van der Waals surface area contributed by atoms with Crippen LogP contribution in [0, 0.1) is 0 Å². The summed E-state index contributed by atoms with van der Waals surface area (Å²) in [5.41, 5.74) is 8.92. The van der Waals surface area contributed by atoms with E-state index >= 15 is 0 Å². The van der Waals surface area contributed by atoms with Gasteiger partial charge in [-0.25, -0.2) is 9.97 Å². The van der Waals surface area contributed by atoms with Gasteiger partial charge in [0.1, 0.15) is 11.0 Å². The Morgan fingerprint density at radius 3 is 1.50 bits per heavy atom. The summed E-state index contributed by atoms with van der Waals surface area (Å²) in [6, 6.07) is 0. The molecule has 0 fully saturated rings.